The molecule has 1 aromatic carbocycles. The van der Waals surface area contributed by atoms with E-state index in [0.29, 0.717) is 17.2 Å². The van der Waals surface area contributed by atoms with Crippen LogP contribution in [0.3, 0.4) is 0 Å². The van der Waals surface area contributed by atoms with Gasteiger partial charge in [-0.25, -0.2) is 4.79 Å². The minimum absolute atomic E-state index is 0.0408. The van der Waals surface area contributed by atoms with Crippen molar-refractivity contribution in [2.75, 3.05) is 7.11 Å². The molecule has 6 heteroatoms. The van der Waals surface area contributed by atoms with Gasteiger partial charge in [-0.2, -0.15) is 0 Å². The summed E-state index contributed by atoms with van der Waals surface area (Å²) in [7, 11) is 1.59. The average Bonchev–Trinajstić information content (AvgIpc) is 3.20. The maximum absolute atomic E-state index is 12.4. The van der Waals surface area contributed by atoms with Crippen molar-refractivity contribution < 1.29 is 19.1 Å². The minimum Gasteiger partial charge on any atom is -0.496 e. The van der Waals surface area contributed by atoms with Gasteiger partial charge in [0.25, 0.3) is 0 Å². The lowest BCUT2D eigenvalue weighted by Gasteiger charge is -2.33. The lowest BCUT2D eigenvalue weighted by atomic mass is 9.86. The summed E-state index contributed by atoms with van der Waals surface area (Å²) in [5.41, 5.74) is 2.80. The zero-order valence-electron chi connectivity index (χ0n) is 15.9. The highest BCUT2D eigenvalue weighted by atomic mass is 16.5. The number of aromatic nitrogens is 1. The molecule has 1 aliphatic rings. The molecule has 0 aliphatic carbocycles. The molecule has 0 saturated carbocycles. The van der Waals surface area contributed by atoms with Gasteiger partial charge in [-0.3, -0.25) is 4.79 Å². The highest BCUT2D eigenvalue weighted by Crippen LogP contribution is 2.43. The highest BCUT2D eigenvalue weighted by molar-refractivity contribution is 5.88. The predicted molar refractivity (Wildman–Crippen MR) is 105 cm³/mol. The van der Waals surface area contributed by atoms with E-state index in [9.17, 15) is 14.7 Å². The van der Waals surface area contributed by atoms with Gasteiger partial charge in [-0.05, 0) is 42.2 Å². The minimum atomic E-state index is -1.21. The lowest BCUT2D eigenvalue weighted by Crippen LogP contribution is -2.28. The first kappa shape index (κ1) is 18.1. The van der Waals surface area contributed by atoms with E-state index in [1.165, 1.54) is 12.3 Å². The van der Waals surface area contributed by atoms with Crippen molar-refractivity contribution in [1.29, 1.82) is 0 Å². The van der Waals surface area contributed by atoms with Gasteiger partial charge in [0.15, 0.2) is 5.43 Å². The Labute approximate surface area is 162 Å². The number of nitrogens with zero attached hydrogens (tertiary/aromatic N) is 1. The number of furan rings is 1. The number of aromatic carboxylic acids is 1. The number of fused-ring (bicyclic) bond motifs is 3. The summed E-state index contributed by atoms with van der Waals surface area (Å²) in [6.07, 6.45) is 3.81. The van der Waals surface area contributed by atoms with Crippen molar-refractivity contribution in [2.24, 2.45) is 5.92 Å². The molecule has 6 nitrogen and oxygen atoms in total. The number of carbonyl (C=O) groups is 1. The Balaban J connectivity index is 1.99. The number of methoxy groups -OCH3 is 1. The molecule has 0 bridgehead atoms. The zero-order valence-corrected chi connectivity index (χ0v) is 15.9. The van der Waals surface area contributed by atoms with Crippen LogP contribution < -0.4 is 10.2 Å². The summed E-state index contributed by atoms with van der Waals surface area (Å²) in [6, 6.07) is 9.11. The monoisotopic (exact) mass is 379 g/mol. The smallest absolute Gasteiger partial charge is 0.341 e. The van der Waals surface area contributed by atoms with E-state index >= 15 is 0 Å². The van der Waals surface area contributed by atoms with Crippen LogP contribution in [0.2, 0.25) is 0 Å². The van der Waals surface area contributed by atoms with Gasteiger partial charge in [-0.1, -0.05) is 13.8 Å². The Morgan fingerprint density at radius 3 is 2.68 bits per heavy atom. The summed E-state index contributed by atoms with van der Waals surface area (Å²) in [6.45, 7) is 4.18. The van der Waals surface area contributed by atoms with Crippen molar-refractivity contribution in [3.8, 4) is 28.3 Å². The van der Waals surface area contributed by atoms with E-state index in [4.69, 9.17) is 9.15 Å². The van der Waals surface area contributed by atoms with Crippen LogP contribution in [0.1, 0.15) is 35.8 Å². The fourth-order valence-corrected chi connectivity index (χ4v) is 3.91. The first-order chi connectivity index (χ1) is 13.4. The summed E-state index contributed by atoms with van der Waals surface area (Å²) < 4.78 is 13.1. The topological polar surface area (TPSA) is 81.7 Å². The van der Waals surface area contributed by atoms with Gasteiger partial charge in [0, 0.05) is 23.9 Å². The van der Waals surface area contributed by atoms with Crippen LogP contribution in [-0.4, -0.2) is 22.8 Å². The maximum atomic E-state index is 12.4. The van der Waals surface area contributed by atoms with Crippen LogP contribution in [0.5, 0.6) is 5.75 Å². The summed E-state index contributed by atoms with van der Waals surface area (Å²) in [4.78, 5) is 23.8. The third-order valence-corrected chi connectivity index (χ3v) is 5.35. The molecular weight excluding hydrogens is 358 g/mol. The fraction of sp³-hybridized carbons (Fsp3) is 0.273. The summed E-state index contributed by atoms with van der Waals surface area (Å²) in [5, 5.41) is 9.37. The first-order valence-electron chi connectivity index (χ1n) is 9.15. The Bertz CT molecular complexity index is 1110. The number of benzene rings is 1. The number of carboxylic acids is 1. The number of hydrogen-bond donors (Lipinski definition) is 1. The molecule has 144 valence electrons. The third-order valence-electron chi connectivity index (χ3n) is 5.35. The second-order valence-corrected chi connectivity index (χ2v) is 7.35. The fourth-order valence-electron chi connectivity index (χ4n) is 3.91. The molecule has 3 heterocycles. The van der Waals surface area contributed by atoms with Crippen LogP contribution in [0.4, 0.5) is 0 Å². The van der Waals surface area contributed by atoms with Gasteiger partial charge in [0.1, 0.15) is 17.1 Å². The van der Waals surface area contributed by atoms with Crippen LogP contribution in [0.25, 0.3) is 22.6 Å². The molecule has 3 aromatic rings. The highest BCUT2D eigenvalue weighted by Gasteiger charge is 2.29. The molecule has 4 rings (SSSR count). The van der Waals surface area contributed by atoms with Crippen molar-refractivity contribution >= 4 is 5.97 Å². The Hall–Kier alpha value is -3.28. The number of ether oxygens (including phenoxy) is 1. The number of rotatable bonds is 4. The predicted octanol–water partition coefficient (Wildman–Crippen LogP) is 4.24. The Morgan fingerprint density at radius 2 is 2.07 bits per heavy atom. The Kier molecular flexibility index (Phi) is 4.34. The first-order valence-corrected chi connectivity index (χ1v) is 9.15. The van der Waals surface area contributed by atoms with E-state index in [0.717, 1.165) is 23.1 Å². The Morgan fingerprint density at radius 1 is 1.29 bits per heavy atom. The van der Waals surface area contributed by atoms with Crippen molar-refractivity contribution in [1.82, 2.24) is 4.57 Å². The van der Waals surface area contributed by atoms with Crippen LogP contribution >= 0.6 is 0 Å². The number of carboxylic acid groups (broad SMARTS) is 1. The van der Waals surface area contributed by atoms with Crippen LogP contribution in [0, 0.1) is 5.92 Å². The summed E-state index contributed by atoms with van der Waals surface area (Å²) in [5.74, 6) is 0.396. The summed E-state index contributed by atoms with van der Waals surface area (Å²) >= 11 is 0. The normalized spacial score (nSPS) is 15.2. The molecule has 1 atom stereocenters. The van der Waals surface area contributed by atoms with E-state index in [2.05, 4.69) is 13.8 Å². The molecule has 0 saturated heterocycles. The van der Waals surface area contributed by atoms with Crippen molar-refractivity contribution in [2.45, 2.75) is 26.3 Å². The molecule has 2 aromatic heterocycles. The second-order valence-electron chi connectivity index (χ2n) is 7.35. The molecule has 1 unspecified atom stereocenters. The maximum Gasteiger partial charge on any atom is 0.341 e. The second kappa shape index (κ2) is 6.71. The molecule has 0 amide bonds. The van der Waals surface area contributed by atoms with Crippen LogP contribution in [-0.2, 0) is 6.42 Å². The SMILES string of the molecule is COc1cc2c(cc1-c1ccco1)CC(C(C)C)n1cc(C(=O)O)c(=O)cc1-2. The third kappa shape index (κ3) is 2.81. The lowest BCUT2D eigenvalue weighted by molar-refractivity contribution is 0.0694. The average molecular weight is 379 g/mol. The largest absolute Gasteiger partial charge is 0.496 e. The standard InChI is InChI=1S/C22H21NO5/c1-12(2)17-8-13-7-15(20-5-4-6-28-20)21(27-3)9-14(13)18-10-19(24)16(22(25)26)11-23(17)18/h4-7,9-12,17H,8H2,1-3H3,(H,25,26). The van der Waals surface area contributed by atoms with Crippen molar-refractivity contribution in [3.63, 3.8) is 0 Å². The number of hydrogen-bond acceptors (Lipinski definition) is 4. The van der Waals surface area contributed by atoms with Gasteiger partial charge in [0.2, 0.25) is 0 Å². The van der Waals surface area contributed by atoms with Gasteiger partial charge in [-0.15, -0.1) is 0 Å². The van der Waals surface area contributed by atoms with Gasteiger partial charge < -0.3 is 18.8 Å². The van der Waals surface area contributed by atoms with E-state index in [-0.39, 0.29) is 17.5 Å². The molecule has 0 radical (unpaired) electrons. The quantitative estimate of drug-likeness (QED) is 0.733. The van der Waals surface area contributed by atoms with Gasteiger partial charge in [0.05, 0.1) is 24.6 Å². The van der Waals surface area contributed by atoms with Crippen LogP contribution in [0.15, 0.2) is 52.0 Å². The molecule has 1 N–H and O–H groups in total. The molecular formula is C22H21NO5. The van der Waals surface area contributed by atoms with Crippen molar-refractivity contribution in [3.05, 3.63) is 64.1 Å². The molecule has 1 aliphatic heterocycles. The molecule has 0 spiro atoms. The molecule has 28 heavy (non-hydrogen) atoms. The van der Waals surface area contributed by atoms with E-state index in [1.54, 1.807) is 13.4 Å². The van der Waals surface area contributed by atoms with E-state index in [1.807, 2.05) is 28.8 Å². The number of pyridine rings is 1. The van der Waals surface area contributed by atoms with Gasteiger partial charge >= 0.3 is 5.97 Å². The molecule has 0 fully saturated rings. The van der Waals surface area contributed by atoms with E-state index < -0.39 is 11.4 Å². The zero-order chi connectivity index (χ0) is 20.0.